The molecule has 0 spiro atoms. The third kappa shape index (κ3) is 5.60. The molecule has 162 valence electrons. The molecule has 0 radical (unpaired) electrons. The maximum Gasteiger partial charge on any atom is 0.159 e. The monoisotopic (exact) mass is 408 g/mol. The maximum absolute atomic E-state index is 5.81. The predicted octanol–water partition coefficient (Wildman–Crippen LogP) is 6.55. The molecule has 2 heterocycles. The fourth-order valence-electron chi connectivity index (χ4n) is 4.80. The summed E-state index contributed by atoms with van der Waals surface area (Å²) in [7, 11) is 0. The first-order chi connectivity index (χ1) is 14.8. The summed E-state index contributed by atoms with van der Waals surface area (Å²) in [6.07, 6.45) is 15.9. The van der Waals surface area contributed by atoms with E-state index in [-0.39, 0.29) is 6.10 Å². The molecule has 0 unspecified atom stereocenters. The van der Waals surface area contributed by atoms with Crippen molar-refractivity contribution in [3.05, 3.63) is 42.2 Å². The van der Waals surface area contributed by atoms with Crippen LogP contribution in [0.5, 0.6) is 5.75 Å². The molecule has 1 saturated carbocycles. The zero-order valence-corrected chi connectivity index (χ0v) is 18.6. The Morgan fingerprint density at radius 3 is 2.30 bits per heavy atom. The number of hydrogen-bond donors (Lipinski definition) is 0. The first-order valence-electron chi connectivity index (χ1n) is 12.0. The number of benzene rings is 1. The van der Waals surface area contributed by atoms with Crippen LogP contribution < -0.4 is 4.74 Å². The highest BCUT2D eigenvalue weighted by atomic mass is 16.6. The average molecular weight is 409 g/mol. The molecule has 2 atom stereocenters. The van der Waals surface area contributed by atoms with Gasteiger partial charge in [0, 0.05) is 5.56 Å². The van der Waals surface area contributed by atoms with Gasteiger partial charge >= 0.3 is 0 Å². The zero-order valence-electron chi connectivity index (χ0n) is 18.6. The molecular weight excluding hydrogens is 372 g/mol. The highest BCUT2D eigenvalue weighted by molar-refractivity contribution is 5.55. The lowest BCUT2D eigenvalue weighted by Crippen LogP contribution is -2.13. The fraction of sp³-hybridized carbons (Fsp3) is 0.615. The van der Waals surface area contributed by atoms with Gasteiger partial charge in [-0.15, -0.1) is 0 Å². The van der Waals surface area contributed by atoms with Gasteiger partial charge in [-0.05, 0) is 49.5 Å². The smallest absolute Gasteiger partial charge is 0.159 e. The lowest BCUT2D eigenvalue weighted by Gasteiger charge is -2.28. The number of ether oxygens (including phenoxy) is 2. The zero-order chi connectivity index (χ0) is 20.8. The first-order valence-corrected chi connectivity index (χ1v) is 12.0. The van der Waals surface area contributed by atoms with Gasteiger partial charge in [0.1, 0.15) is 12.7 Å². The van der Waals surface area contributed by atoms with Crippen LogP contribution in [-0.4, -0.2) is 28.8 Å². The first kappa shape index (κ1) is 21.3. The van der Waals surface area contributed by atoms with Crippen molar-refractivity contribution in [2.45, 2.75) is 89.8 Å². The molecule has 0 N–H and O–H groups in total. The van der Waals surface area contributed by atoms with E-state index in [0.29, 0.717) is 18.5 Å². The van der Waals surface area contributed by atoms with E-state index >= 15 is 0 Å². The Morgan fingerprint density at radius 2 is 1.63 bits per heavy atom. The second-order valence-corrected chi connectivity index (χ2v) is 9.04. The summed E-state index contributed by atoms with van der Waals surface area (Å²) in [5.41, 5.74) is 2.53. The van der Waals surface area contributed by atoms with Gasteiger partial charge in [0.25, 0.3) is 0 Å². The normalized spacial score (nSPS) is 25.8. The second kappa shape index (κ2) is 10.4. The maximum atomic E-state index is 5.81. The number of rotatable bonds is 10. The molecule has 4 rings (SSSR count). The molecule has 0 bridgehead atoms. The Morgan fingerprint density at radius 1 is 0.900 bits per heavy atom. The third-order valence-electron chi connectivity index (χ3n) is 6.76. The van der Waals surface area contributed by atoms with Gasteiger partial charge in [0.15, 0.2) is 11.6 Å². The summed E-state index contributed by atoms with van der Waals surface area (Å²) in [4.78, 5) is 9.02. The number of aromatic nitrogens is 2. The van der Waals surface area contributed by atoms with Crippen molar-refractivity contribution < 1.29 is 9.47 Å². The van der Waals surface area contributed by atoms with Crippen molar-refractivity contribution in [1.29, 1.82) is 0 Å². The standard InChI is InChI=1S/C26H36N2O2/c1-3-5-7-24-25(30-24)18-29-23-16-27-26(28-17-23)22-14-12-21(13-15-22)20-10-8-19(6-4-2)9-11-20/h12-17,19-20,24-25H,3-11,18H2,1-2H3/t19?,20?,24-,25-/m0/s1. The molecule has 2 aromatic rings. The lowest BCUT2D eigenvalue weighted by atomic mass is 9.77. The summed E-state index contributed by atoms with van der Waals surface area (Å²) in [6.45, 7) is 5.10. The molecule has 1 aliphatic carbocycles. The Bertz CT molecular complexity index is 767. The molecule has 1 aliphatic heterocycles. The van der Waals surface area contributed by atoms with E-state index in [1.54, 1.807) is 12.4 Å². The summed E-state index contributed by atoms with van der Waals surface area (Å²) in [5, 5.41) is 0. The van der Waals surface area contributed by atoms with Crippen molar-refractivity contribution in [1.82, 2.24) is 9.97 Å². The quantitative estimate of drug-likeness (QED) is 0.418. The molecule has 0 amide bonds. The van der Waals surface area contributed by atoms with Crippen LogP contribution in [0.25, 0.3) is 11.4 Å². The molecule has 2 fully saturated rings. The molecule has 1 aromatic heterocycles. The van der Waals surface area contributed by atoms with Crippen LogP contribution in [0.2, 0.25) is 0 Å². The molecule has 30 heavy (non-hydrogen) atoms. The van der Waals surface area contributed by atoms with Crippen molar-refractivity contribution in [2.24, 2.45) is 5.92 Å². The van der Waals surface area contributed by atoms with Crippen molar-refractivity contribution >= 4 is 0 Å². The summed E-state index contributed by atoms with van der Waals surface area (Å²) in [6, 6.07) is 8.88. The van der Waals surface area contributed by atoms with E-state index in [1.807, 2.05) is 0 Å². The molecular formula is C26H36N2O2. The minimum atomic E-state index is 0.237. The number of unbranched alkanes of at least 4 members (excludes halogenated alkanes) is 1. The van der Waals surface area contributed by atoms with Crippen LogP contribution in [0, 0.1) is 5.92 Å². The van der Waals surface area contributed by atoms with Crippen molar-refractivity contribution in [2.75, 3.05) is 6.61 Å². The van der Waals surface area contributed by atoms with E-state index in [2.05, 4.69) is 48.1 Å². The van der Waals surface area contributed by atoms with Crippen LogP contribution in [0.3, 0.4) is 0 Å². The lowest BCUT2D eigenvalue weighted by molar-refractivity contribution is 0.258. The van der Waals surface area contributed by atoms with Gasteiger partial charge in [-0.3, -0.25) is 0 Å². The van der Waals surface area contributed by atoms with Gasteiger partial charge in [0.05, 0.1) is 18.5 Å². The van der Waals surface area contributed by atoms with E-state index in [1.165, 1.54) is 56.9 Å². The van der Waals surface area contributed by atoms with Crippen LogP contribution in [-0.2, 0) is 4.74 Å². The molecule has 4 heteroatoms. The summed E-state index contributed by atoms with van der Waals surface area (Å²) >= 11 is 0. The SMILES string of the molecule is CCCC[C@@H]1O[C@H]1COc1cnc(-c2ccc(C3CCC(CCC)CC3)cc2)nc1. The topological polar surface area (TPSA) is 47.5 Å². The molecule has 4 nitrogen and oxygen atoms in total. The van der Waals surface area contributed by atoms with Crippen molar-refractivity contribution in [3.8, 4) is 17.1 Å². The Balaban J connectivity index is 1.26. The average Bonchev–Trinajstić information content (AvgIpc) is 3.56. The largest absolute Gasteiger partial charge is 0.488 e. The van der Waals surface area contributed by atoms with Crippen LogP contribution in [0.15, 0.2) is 36.7 Å². The Kier molecular flexibility index (Phi) is 7.37. The number of hydrogen-bond acceptors (Lipinski definition) is 4. The fourth-order valence-corrected chi connectivity index (χ4v) is 4.80. The van der Waals surface area contributed by atoms with Crippen molar-refractivity contribution in [3.63, 3.8) is 0 Å². The Labute approximate surface area is 181 Å². The van der Waals surface area contributed by atoms with Gasteiger partial charge in [-0.2, -0.15) is 0 Å². The summed E-state index contributed by atoms with van der Waals surface area (Å²) < 4.78 is 11.5. The minimum Gasteiger partial charge on any atom is -0.488 e. The third-order valence-corrected chi connectivity index (χ3v) is 6.76. The van der Waals surface area contributed by atoms with Gasteiger partial charge in [-0.25, -0.2) is 9.97 Å². The van der Waals surface area contributed by atoms with E-state index in [4.69, 9.17) is 9.47 Å². The van der Waals surface area contributed by atoms with E-state index < -0.39 is 0 Å². The molecule has 1 aromatic carbocycles. The Hall–Kier alpha value is -1.94. The van der Waals surface area contributed by atoms with Crippen LogP contribution in [0.1, 0.15) is 83.1 Å². The van der Waals surface area contributed by atoms with Gasteiger partial charge in [0.2, 0.25) is 0 Å². The number of nitrogens with zero attached hydrogens (tertiary/aromatic N) is 2. The minimum absolute atomic E-state index is 0.237. The molecule has 2 aliphatic rings. The highest BCUT2D eigenvalue weighted by Crippen LogP contribution is 2.37. The highest BCUT2D eigenvalue weighted by Gasteiger charge is 2.38. The van der Waals surface area contributed by atoms with E-state index in [0.717, 1.165) is 29.6 Å². The predicted molar refractivity (Wildman–Crippen MR) is 121 cm³/mol. The second-order valence-electron chi connectivity index (χ2n) is 9.04. The van der Waals surface area contributed by atoms with Crippen LogP contribution in [0.4, 0.5) is 0 Å². The van der Waals surface area contributed by atoms with E-state index in [9.17, 15) is 0 Å². The number of epoxide rings is 1. The van der Waals surface area contributed by atoms with Crippen LogP contribution >= 0.6 is 0 Å². The van der Waals surface area contributed by atoms with Gasteiger partial charge in [-0.1, -0.05) is 63.8 Å². The van der Waals surface area contributed by atoms with Gasteiger partial charge < -0.3 is 9.47 Å². The summed E-state index contributed by atoms with van der Waals surface area (Å²) in [5.74, 6) is 3.14. The molecule has 1 saturated heterocycles.